The summed E-state index contributed by atoms with van der Waals surface area (Å²) >= 11 is 0. The fourth-order valence-corrected chi connectivity index (χ4v) is 3.99. The van der Waals surface area contributed by atoms with Crippen LogP contribution >= 0.6 is 0 Å². The first-order chi connectivity index (χ1) is 15.8. The monoisotopic (exact) mass is 455 g/mol. The lowest BCUT2D eigenvalue weighted by atomic mass is 9.98. The Labute approximate surface area is 189 Å². The van der Waals surface area contributed by atoms with E-state index in [0.29, 0.717) is 0 Å². The highest BCUT2D eigenvalue weighted by Gasteiger charge is 2.37. The number of phenolic OH excluding ortho intramolecular Hbond substituents is 1. The highest BCUT2D eigenvalue weighted by molar-refractivity contribution is 5.59. The van der Waals surface area contributed by atoms with Crippen molar-refractivity contribution in [1.82, 2.24) is 14.9 Å². The van der Waals surface area contributed by atoms with Gasteiger partial charge in [0, 0.05) is 37.6 Å². The molecule has 0 radical (unpaired) electrons. The first-order valence-electron chi connectivity index (χ1n) is 10.9. The van der Waals surface area contributed by atoms with Crippen molar-refractivity contribution in [2.45, 2.75) is 44.6 Å². The van der Waals surface area contributed by atoms with Crippen molar-refractivity contribution in [3.8, 4) is 5.75 Å². The number of hydrogen-bond donors (Lipinski definition) is 3. The van der Waals surface area contributed by atoms with Gasteiger partial charge in [0.25, 0.3) is 0 Å². The molecular weight excluding hydrogens is 431 g/mol. The number of aromatic nitrogens is 2. The average molecular weight is 455 g/mol. The van der Waals surface area contributed by atoms with Crippen LogP contribution in [0.4, 0.5) is 30.6 Å². The van der Waals surface area contributed by atoms with E-state index in [-0.39, 0.29) is 23.6 Å². The van der Waals surface area contributed by atoms with Gasteiger partial charge < -0.3 is 15.7 Å². The summed E-state index contributed by atoms with van der Waals surface area (Å²) < 4.78 is 39.9. The van der Waals surface area contributed by atoms with Crippen LogP contribution in [0.5, 0.6) is 5.75 Å². The summed E-state index contributed by atoms with van der Waals surface area (Å²) in [7, 11) is 0. The molecule has 2 aliphatic rings. The van der Waals surface area contributed by atoms with Crippen LogP contribution in [0.3, 0.4) is 0 Å². The number of benzene rings is 2. The average Bonchev–Trinajstić information content (AvgIpc) is 3.59. The highest BCUT2D eigenvalue weighted by Crippen LogP contribution is 2.36. The molecule has 33 heavy (non-hydrogen) atoms. The Morgan fingerprint density at radius 3 is 2.58 bits per heavy atom. The third kappa shape index (κ3) is 5.19. The normalized spacial score (nSPS) is 16.3. The molecule has 0 atom stereocenters. The Kier molecular flexibility index (Phi) is 5.57. The second-order valence-corrected chi connectivity index (χ2v) is 8.61. The molecule has 2 heterocycles. The molecule has 1 aromatic heterocycles. The summed E-state index contributed by atoms with van der Waals surface area (Å²) in [5.74, 6) is 0.219. The zero-order valence-electron chi connectivity index (χ0n) is 17.9. The van der Waals surface area contributed by atoms with Crippen LogP contribution in [0.1, 0.15) is 35.1 Å². The van der Waals surface area contributed by atoms with Gasteiger partial charge in [-0.15, -0.1) is 0 Å². The molecule has 1 saturated carbocycles. The number of nitrogens with zero attached hydrogens (tertiary/aromatic N) is 3. The van der Waals surface area contributed by atoms with Crippen LogP contribution in [0.25, 0.3) is 0 Å². The number of alkyl halides is 3. The van der Waals surface area contributed by atoms with Crippen molar-refractivity contribution in [3.63, 3.8) is 0 Å². The predicted molar refractivity (Wildman–Crippen MR) is 119 cm³/mol. The third-order valence-electron chi connectivity index (χ3n) is 5.91. The fraction of sp³-hybridized carbons (Fsp3) is 0.333. The van der Waals surface area contributed by atoms with Gasteiger partial charge in [-0.05, 0) is 60.2 Å². The van der Waals surface area contributed by atoms with Crippen molar-refractivity contribution < 1.29 is 18.3 Å². The van der Waals surface area contributed by atoms with Crippen molar-refractivity contribution in [2.75, 3.05) is 17.2 Å². The predicted octanol–water partition coefficient (Wildman–Crippen LogP) is 5.08. The Morgan fingerprint density at radius 2 is 1.85 bits per heavy atom. The number of fused-ring (bicyclic) bond motifs is 1. The number of rotatable bonds is 6. The van der Waals surface area contributed by atoms with Gasteiger partial charge in [-0.3, -0.25) is 4.90 Å². The van der Waals surface area contributed by atoms with E-state index in [2.05, 4.69) is 25.5 Å². The number of phenols is 1. The van der Waals surface area contributed by atoms with Crippen LogP contribution < -0.4 is 10.6 Å². The Hall–Kier alpha value is -3.33. The van der Waals surface area contributed by atoms with E-state index in [4.69, 9.17) is 0 Å². The molecule has 0 saturated heterocycles. The molecule has 1 fully saturated rings. The van der Waals surface area contributed by atoms with Gasteiger partial charge in [-0.1, -0.05) is 18.2 Å². The Balaban J connectivity index is 1.28. The standard InChI is InChI=1S/C24H24F3N5O/c25-24(26,27)21-12-28-23(31-22(21)29-18-5-6-18)30-19-4-3-17-14-32(10-9-16(17)11-19)13-15-1-7-20(33)8-2-15/h1-4,7-8,11-12,18,33H,5-6,9-10,13-14H2,(H2,28,29,30,31). The summed E-state index contributed by atoms with van der Waals surface area (Å²) in [6.07, 6.45) is -1.12. The highest BCUT2D eigenvalue weighted by atomic mass is 19.4. The zero-order valence-corrected chi connectivity index (χ0v) is 17.9. The largest absolute Gasteiger partial charge is 0.508 e. The van der Waals surface area contributed by atoms with E-state index < -0.39 is 11.7 Å². The molecule has 0 bridgehead atoms. The molecule has 0 unspecified atom stereocenters. The lowest BCUT2D eigenvalue weighted by Crippen LogP contribution is -2.30. The number of nitrogens with one attached hydrogen (secondary N) is 2. The summed E-state index contributed by atoms with van der Waals surface area (Å²) in [6, 6.07) is 13.2. The molecule has 172 valence electrons. The molecule has 3 N–H and O–H groups in total. The third-order valence-corrected chi connectivity index (χ3v) is 5.91. The topological polar surface area (TPSA) is 73.3 Å². The second kappa shape index (κ2) is 8.55. The minimum absolute atomic E-state index is 0.0436. The van der Waals surface area contributed by atoms with E-state index in [1.807, 2.05) is 30.3 Å². The van der Waals surface area contributed by atoms with Gasteiger partial charge in [0.05, 0.1) is 0 Å². The maximum Gasteiger partial charge on any atom is 0.421 e. The van der Waals surface area contributed by atoms with Crippen molar-refractivity contribution in [1.29, 1.82) is 0 Å². The smallest absolute Gasteiger partial charge is 0.421 e. The van der Waals surface area contributed by atoms with Gasteiger partial charge >= 0.3 is 6.18 Å². The minimum Gasteiger partial charge on any atom is -0.508 e. The molecule has 1 aliphatic carbocycles. The van der Waals surface area contributed by atoms with Gasteiger partial charge in [0.1, 0.15) is 17.1 Å². The number of anilines is 3. The van der Waals surface area contributed by atoms with Crippen molar-refractivity contribution >= 4 is 17.5 Å². The van der Waals surface area contributed by atoms with Gasteiger partial charge in [-0.25, -0.2) is 4.98 Å². The number of halogens is 3. The molecule has 1 aliphatic heterocycles. The van der Waals surface area contributed by atoms with Gasteiger partial charge in [0.15, 0.2) is 0 Å². The van der Waals surface area contributed by atoms with Gasteiger partial charge in [0.2, 0.25) is 5.95 Å². The van der Waals surface area contributed by atoms with Crippen molar-refractivity contribution in [2.24, 2.45) is 0 Å². The van der Waals surface area contributed by atoms with Crippen LogP contribution in [0.15, 0.2) is 48.7 Å². The summed E-state index contributed by atoms with van der Waals surface area (Å²) in [4.78, 5) is 10.4. The van der Waals surface area contributed by atoms with Crippen LogP contribution in [-0.2, 0) is 25.7 Å². The second-order valence-electron chi connectivity index (χ2n) is 8.61. The summed E-state index contributed by atoms with van der Waals surface area (Å²) in [5, 5.41) is 15.4. The summed E-state index contributed by atoms with van der Waals surface area (Å²) in [6.45, 7) is 2.50. The van der Waals surface area contributed by atoms with Crippen LogP contribution in [-0.4, -0.2) is 32.6 Å². The molecule has 5 rings (SSSR count). The Morgan fingerprint density at radius 1 is 1.06 bits per heavy atom. The lowest BCUT2D eigenvalue weighted by molar-refractivity contribution is -0.137. The van der Waals surface area contributed by atoms with Crippen LogP contribution in [0.2, 0.25) is 0 Å². The van der Waals surface area contributed by atoms with E-state index in [1.165, 1.54) is 11.1 Å². The molecular formula is C24H24F3N5O. The van der Waals surface area contributed by atoms with Gasteiger partial charge in [-0.2, -0.15) is 18.2 Å². The minimum atomic E-state index is -4.51. The number of aromatic hydroxyl groups is 1. The maximum absolute atomic E-state index is 13.3. The Bertz CT molecular complexity index is 1150. The van der Waals surface area contributed by atoms with E-state index in [9.17, 15) is 18.3 Å². The molecule has 3 aromatic rings. The van der Waals surface area contributed by atoms with Crippen LogP contribution in [0, 0.1) is 0 Å². The first kappa shape index (κ1) is 21.5. The number of hydrogen-bond acceptors (Lipinski definition) is 6. The molecule has 2 aromatic carbocycles. The van der Waals surface area contributed by atoms with Crippen molar-refractivity contribution in [3.05, 3.63) is 70.9 Å². The zero-order chi connectivity index (χ0) is 23.0. The van der Waals surface area contributed by atoms with E-state index >= 15 is 0 Å². The maximum atomic E-state index is 13.3. The lowest BCUT2D eigenvalue weighted by Gasteiger charge is -2.29. The fourth-order valence-electron chi connectivity index (χ4n) is 3.99. The van der Waals surface area contributed by atoms with E-state index in [0.717, 1.165) is 56.3 Å². The summed E-state index contributed by atoms with van der Waals surface area (Å²) in [5.41, 5.74) is 3.46. The molecule has 0 amide bonds. The molecule has 6 nitrogen and oxygen atoms in total. The first-order valence-corrected chi connectivity index (χ1v) is 10.9. The van der Waals surface area contributed by atoms with E-state index in [1.54, 1.807) is 12.1 Å². The quantitative estimate of drug-likeness (QED) is 0.482. The SMILES string of the molecule is Oc1ccc(CN2CCc3cc(Nc4ncc(C(F)(F)F)c(NC5CC5)n4)ccc3C2)cc1. The molecule has 9 heteroatoms. The molecule has 0 spiro atoms.